The molecule has 1 radical (unpaired) electrons. The molecule has 0 spiro atoms. The van der Waals surface area contributed by atoms with Gasteiger partial charge in [0, 0.05) is 11.1 Å². The summed E-state index contributed by atoms with van der Waals surface area (Å²) in [5, 5.41) is 0. The summed E-state index contributed by atoms with van der Waals surface area (Å²) in [5.41, 5.74) is 5.93. The Hall–Kier alpha value is -2.78. The van der Waals surface area contributed by atoms with Crippen LogP contribution in [-0.2, 0) is 6.42 Å². The lowest BCUT2D eigenvalue weighted by Gasteiger charge is -2.04. The molecule has 0 bridgehead atoms. The summed E-state index contributed by atoms with van der Waals surface area (Å²) < 4.78 is 0. The highest BCUT2D eigenvalue weighted by molar-refractivity contribution is 5.64. The number of rotatable bonds is 3. The quantitative estimate of drug-likeness (QED) is 0.559. The van der Waals surface area contributed by atoms with E-state index in [-0.39, 0.29) is 0 Å². The van der Waals surface area contributed by atoms with E-state index in [1.54, 1.807) is 0 Å². The zero-order valence-corrected chi connectivity index (χ0v) is 13.3. The monoisotopic (exact) mass is 295 g/mol. The molecule has 0 aliphatic carbocycles. The normalized spacial score (nSPS) is 9.96. The Morgan fingerprint density at radius 2 is 1.22 bits per heavy atom. The summed E-state index contributed by atoms with van der Waals surface area (Å²) in [6.45, 7) is 2.21. The largest absolute Gasteiger partial charge is 0.0651 e. The Bertz CT molecular complexity index is 798. The molecule has 0 heteroatoms. The van der Waals surface area contributed by atoms with Crippen LogP contribution in [0, 0.1) is 17.9 Å². The molecule has 0 saturated heterocycles. The lowest BCUT2D eigenvalue weighted by Crippen LogP contribution is -1.84. The first-order chi connectivity index (χ1) is 11.3. The van der Waals surface area contributed by atoms with Gasteiger partial charge in [0.15, 0.2) is 0 Å². The Balaban J connectivity index is 1.76. The van der Waals surface area contributed by atoms with E-state index in [1.165, 1.54) is 23.1 Å². The van der Waals surface area contributed by atoms with Crippen molar-refractivity contribution < 1.29 is 0 Å². The molecule has 0 atom stereocenters. The Morgan fingerprint density at radius 3 is 1.78 bits per heavy atom. The molecule has 0 unspecified atom stereocenters. The third kappa shape index (κ3) is 4.11. The van der Waals surface area contributed by atoms with Gasteiger partial charge in [-0.25, -0.2) is 0 Å². The molecule has 0 nitrogen and oxygen atoms in total. The number of aryl methyl sites for hydroxylation is 1. The molecule has 0 aromatic heterocycles. The average molecular weight is 295 g/mol. The smallest absolute Gasteiger partial charge is 0.0249 e. The van der Waals surface area contributed by atoms with Gasteiger partial charge in [0.05, 0.1) is 0 Å². The highest BCUT2D eigenvalue weighted by Gasteiger charge is 1.98. The fourth-order valence-corrected chi connectivity index (χ4v) is 2.51. The molecule has 0 saturated carbocycles. The van der Waals surface area contributed by atoms with E-state index in [0.717, 1.165) is 17.5 Å². The van der Waals surface area contributed by atoms with Crippen LogP contribution >= 0.6 is 0 Å². The van der Waals surface area contributed by atoms with E-state index in [2.05, 4.69) is 73.4 Å². The van der Waals surface area contributed by atoms with Crippen LogP contribution in [0.3, 0.4) is 0 Å². The van der Waals surface area contributed by atoms with Gasteiger partial charge in [-0.05, 0) is 53.4 Å². The lowest BCUT2D eigenvalue weighted by molar-refractivity contribution is 0.922. The van der Waals surface area contributed by atoms with Gasteiger partial charge in [0.1, 0.15) is 0 Å². The SMILES string of the molecule is CCCc1ccc(-c2ccc(C#Cc3cc[c]cc3)cc2)cc1. The zero-order valence-electron chi connectivity index (χ0n) is 13.3. The maximum absolute atomic E-state index is 3.20. The minimum atomic E-state index is 1.01. The highest BCUT2D eigenvalue weighted by Crippen LogP contribution is 2.20. The molecule has 0 aliphatic heterocycles. The van der Waals surface area contributed by atoms with Gasteiger partial charge >= 0.3 is 0 Å². The number of benzene rings is 3. The molecule has 0 N–H and O–H groups in total. The topological polar surface area (TPSA) is 0 Å². The van der Waals surface area contributed by atoms with Crippen LogP contribution in [0.2, 0.25) is 0 Å². The molecule has 3 aromatic rings. The van der Waals surface area contributed by atoms with Crippen molar-refractivity contribution >= 4 is 0 Å². The molecule has 0 aliphatic rings. The van der Waals surface area contributed by atoms with E-state index in [9.17, 15) is 0 Å². The van der Waals surface area contributed by atoms with Crippen LogP contribution in [0.25, 0.3) is 11.1 Å². The molecule has 23 heavy (non-hydrogen) atoms. The third-order valence-corrected chi connectivity index (χ3v) is 3.78. The third-order valence-electron chi connectivity index (χ3n) is 3.78. The van der Waals surface area contributed by atoms with Crippen molar-refractivity contribution in [2.75, 3.05) is 0 Å². The lowest BCUT2D eigenvalue weighted by atomic mass is 10.0. The second kappa shape index (κ2) is 7.47. The molecule has 111 valence electrons. The van der Waals surface area contributed by atoms with Crippen LogP contribution < -0.4 is 0 Å². The summed E-state index contributed by atoms with van der Waals surface area (Å²) in [6.07, 6.45) is 2.33. The fraction of sp³-hybridized carbons (Fsp3) is 0.130. The van der Waals surface area contributed by atoms with E-state index < -0.39 is 0 Å². The van der Waals surface area contributed by atoms with Gasteiger partial charge in [-0.1, -0.05) is 73.7 Å². The van der Waals surface area contributed by atoms with Crippen molar-refractivity contribution in [2.24, 2.45) is 0 Å². The summed E-state index contributed by atoms with van der Waals surface area (Å²) >= 11 is 0. The van der Waals surface area contributed by atoms with Gasteiger partial charge < -0.3 is 0 Å². The number of hydrogen-bond donors (Lipinski definition) is 0. The van der Waals surface area contributed by atoms with Crippen molar-refractivity contribution in [3.05, 3.63) is 95.6 Å². The van der Waals surface area contributed by atoms with Gasteiger partial charge in [0.2, 0.25) is 0 Å². The summed E-state index contributed by atoms with van der Waals surface area (Å²) in [6, 6.07) is 28.0. The maximum Gasteiger partial charge on any atom is 0.0249 e. The fourth-order valence-electron chi connectivity index (χ4n) is 2.51. The van der Waals surface area contributed by atoms with Crippen molar-refractivity contribution in [2.45, 2.75) is 19.8 Å². The molecular formula is C23H19. The van der Waals surface area contributed by atoms with E-state index >= 15 is 0 Å². The van der Waals surface area contributed by atoms with Crippen molar-refractivity contribution in [1.82, 2.24) is 0 Å². The Labute approximate surface area is 138 Å². The van der Waals surface area contributed by atoms with Gasteiger partial charge in [-0.15, -0.1) is 0 Å². The number of hydrogen-bond acceptors (Lipinski definition) is 0. The average Bonchev–Trinajstić information content (AvgIpc) is 2.62. The van der Waals surface area contributed by atoms with Crippen LogP contribution in [0.1, 0.15) is 30.0 Å². The first kappa shape index (κ1) is 15.1. The Kier molecular flexibility index (Phi) is 4.92. The van der Waals surface area contributed by atoms with E-state index in [1.807, 2.05) is 24.3 Å². The first-order valence-electron chi connectivity index (χ1n) is 8.02. The summed E-state index contributed by atoms with van der Waals surface area (Å²) in [4.78, 5) is 0. The van der Waals surface area contributed by atoms with Crippen molar-refractivity contribution in [1.29, 1.82) is 0 Å². The van der Waals surface area contributed by atoms with Crippen molar-refractivity contribution in [3.63, 3.8) is 0 Å². The molecular weight excluding hydrogens is 276 g/mol. The summed E-state index contributed by atoms with van der Waals surface area (Å²) in [5.74, 6) is 6.37. The minimum Gasteiger partial charge on any atom is -0.0651 e. The molecule has 3 rings (SSSR count). The van der Waals surface area contributed by atoms with Crippen LogP contribution in [-0.4, -0.2) is 0 Å². The second-order valence-corrected chi connectivity index (χ2v) is 5.56. The summed E-state index contributed by atoms with van der Waals surface area (Å²) in [7, 11) is 0. The zero-order chi connectivity index (χ0) is 15.9. The molecule has 0 heterocycles. The highest BCUT2D eigenvalue weighted by atomic mass is 14.0. The van der Waals surface area contributed by atoms with Crippen molar-refractivity contribution in [3.8, 4) is 23.0 Å². The second-order valence-electron chi connectivity index (χ2n) is 5.56. The standard InChI is InChI=1S/C23H19/c1-2-6-19-11-15-22(16-12-19)23-17-13-21(14-18-23)10-9-20-7-4-3-5-8-20/h4-5,7-8,11-18H,2,6H2,1H3. The molecule has 3 aromatic carbocycles. The first-order valence-corrected chi connectivity index (χ1v) is 8.02. The van der Waals surface area contributed by atoms with Gasteiger partial charge in [-0.3, -0.25) is 0 Å². The molecule has 0 fully saturated rings. The van der Waals surface area contributed by atoms with Gasteiger partial charge in [-0.2, -0.15) is 0 Å². The maximum atomic E-state index is 3.20. The van der Waals surface area contributed by atoms with Crippen LogP contribution in [0.5, 0.6) is 0 Å². The minimum absolute atomic E-state index is 1.01. The predicted molar refractivity (Wildman–Crippen MR) is 97.1 cm³/mol. The molecule has 0 amide bonds. The van der Waals surface area contributed by atoms with E-state index in [4.69, 9.17) is 0 Å². The predicted octanol–water partition coefficient (Wildman–Crippen LogP) is 5.51. The van der Waals surface area contributed by atoms with E-state index in [0.29, 0.717) is 0 Å². The van der Waals surface area contributed by atoms with Crippen LogP contribution in [0.15, 0.2) is 72.8 Å². The van der Waals surface area contributed by atoms with Crippen LogP contribution in [0.4, 0.5) is 0 Å². The van der Waals surface area contributed by atoms with Gasteiger partial charge in [0.25, 0.3) is 0 Å². The Morgan fingerprint density at radius 1 is 0.696 bits per heavy atom.